The van der Waals surface area contributed by atoms with E-state index in [4.69, 9.17) is 10.5 Å². The molecule has 0 aliphatic rings. The van der Waals surface area contributed by atoms with Gasteiger partial charge in [-0.2, -0.15) is 0 Å². The first-order chi connectivity index (χ1) is 10.1. The van der Waals surface area contributed by atoms with Crippen LogP contribution in [0, 0.1) is 6.92 Å². The van der Waals surface area contributed by atoms with Crippen molar-refractivity contribution in [3.63, 3.8) is 0 Å². The summed E-state index contributed by atoms with van der Waals surface area (Å²) in [5.74, 6) is 0.522. The van der Waals surface area contributed by atoms with Gasteiger partial charge in [0.2, 0.25) is 0 Å². The summed E-state index contributed by atoms with van der Waals surface area (Å²) in [6.45, 7) is 4.54. The van der Waals surface area contributed by atoms with Crippen LogP contribution in [0.3, 0.4) is 0 Å². The second-order valence-corrected chi connectivity index (χ2v) is 4.84. The van der Waals surface area contributed by atoms with E-state index in [1.54, 1.807) is 29.2 Å². The maximum Gasteiger partial charge on any atom is 0.264 e. The Morgan fingerprint density at radius 1 is 1.19 bits per heavy atom. The van der Waals surface area contributed by atoms with Crippen LogP contribution in [0.25, 0.3) is 0 Å². The Hall–Kier alpha value is -2.49. The Morgan fingerprint density at radius 3 is 2.62 bits per heavy atom. The highest BCUT2D eigenvalue weighted by Crippen LogP contribution is 2.17. The van der Waals surface area contributed by atoms with E-state index in [9.17, 15) is 4.79 Å². The Balaban J connectivity index is 2.04. The van der Waals surface area contributed by atoms with Crippen molar-refractivity contribution >= 4 is 17.3 Å². The highest BCUT2D eigenvalue weighted by molar-refractivity contribution is 5.94. The monoisotopic (exact) mass is 284 g/mol. The van der Waals surface area contributed by atoms with Gasteiger partial charge in [0.05, 0.1) is 0 Å². The van der Waals surface area contributed by atoms with Crippen molar-refractivity contribution in [2.24, 2.45) is 0 Å². The average molecular weight is 284 g/mol. The van der Waals surface area contributed by atoms with Gasteiger partial charge in [0, 0.05) is 24.0 Å². The van der Waals surface area contributed by atoms with E-state index in [0.29, 0.717) is 18.0 Å². The maximum atomic E-state index is 12.3. The topological polar surface area (TPSA) is 55.6 Å². The molecule has 0 aliphatic carbocycles. The first-order valence-electron chi connectivity index (χ1n) is 6.95. The summed E-state index contributed by atoms with van der Waals surface area (Å²) in [7, 11) is 0. The number of rotatable bonds is 5. The number of carbonyl (C=O) groups excluding carboxylic acids is 1. The average Bonchev–Trinajstić information content (AvgIpc) is 2.46. The number of benzene rings is 2. The summed E-state index contributed by atoms with van der Waals surface area (Å²) < 4.78 is 5.51. The third-order valence-electron chi connectivity index (χ3n) is 3.15. The zero-order chi connectivity index (χ0) is 15.2. The molecule has 2 rings (SSSR count). The molecule has 0 bridgehead atoms. The normalized spacial score (nSPS) is 10.2. The summed E-state index contributed by atoms with van der Waals surface area (Å²) in [6.07, 6.45) is 0. The van der Waals surface area contributed by atoms with Crippen LogP contribution in [0.5, 0.6) is 5.75 Å². The molecule has 2 aromatic carbocycles. The lowest BCUT2D eigenvalue weighted by Gasteiger charge is -2.21. The van der Waals surface area contributed by atoms with Crippen LogP contribution >= 0.6 is 0 Å². The van der Waals surface area contributed by atoms with Gasteiger partial charge in [0.1, 0.15) is 5.75 Å². The van der Waals surface area contributed by atoms with Gasteiger partial charge in [-0.1, -0.05) is 18.2 Å². The second kappa shape index (κ2) is 6.79. The minimum atomic E-state index is -0.0782. The molecule has 0 spiro atoms. The van der Waals surface area contributed by atoms with Crippen molar-refractivity contribution in [1.82, 2.24) is 0 Å². The molecule has 2 N–H and O–H groups in total. The van der Waals surface area contributed by atoms with Crippen molar-refractivity contribution in [1.29, 1.82) is 0 Å². The molecule has 0 aromatic heterocycles. The first kappa shape index (κ1) is 14.9. The van der Waals surface area contributed by atoms with E-state index in [0.717, 1.165) is 11.3 Å². The number of hydrogen-bond donors (Lipinski definition) is 1. The zero-order valence-corrected chi connectivity index (χ0v) is 12.4. The molecule has 0 saturated heterocycles. The van der Waals surface area contributed by atoms with E-state index in [-0.39, 0.29) is 12.5 Å². The fourth-order valence-electron chi connectivity index (χ4n) is 2.13. The molecule has 0 unspecified atom stereocenters. The molecule has 2 aromatic rings. The van der Waals surface area contributed by atoms with Gasteiger partial charge in [-0.25, -0.2) is 0 Å². The summed E-state index contributed by atoms with van der Waals surface area (Å²) >= 11 is 0. The Morgan fingerprint density at radius 2 is 1.95 bits per heavy atom. The van der Waals surface area contributed by atoms with Crippen molar-refractivity contribution in [2.45, 2.75) is 13.8 Å². The molecule has 1 amide bonds. The maximum absolute atomic E-state index is 12.3. The van der Waals surface area contributed by atoms with E-state index < -0.39 is 0 Å². The lowest BCUT2D eigenvalue weighted by Crippen LogP contribution is -2.34. The van der Waals surface area contributed by atoms with E-state index in [1.807, 2.05) is 38.1 Å². The summed E-state index contributed by atoms with van der Waals surface area (Å²) in [5, 5.41) is 0. The highest BCUT2D eigenvalue weighted by atomic mass is 16.5. The molecule has 0 saturated carbocycles. The van der Waals surface area contributed by atoms with Crippen molar-refractivity contribution in [2.75, 3.05) is 23.8 Å². The van der Waals surface area contributed by atoms with Crippen molar-refractivity contribution in [3.05, 3.63) is 54.1 Å². The Bertz CT molecular complexity index is 626. The number of anilines is 2. The third-order valence-corrected chi connectivity index (χ3v) is 3.15. The standard InChI is InChI=1S/C17H20N2O2/c1-3-19(15-8-4-6-13(2)10-15)17(20)12-21-16-9-5-7-14(18)11-16/h4-11H,3,12,18H2,1-2H3. The molecular weight excluding hydrogens is 264 g/mol. The predicted molar refractivity (Wildman–Crippen MR) is 85.6 cm³/mol. The molecule has 110 valence electrons. The largest absolute Gasteiger partial charge is 0.484 e. The third kappa shape index (κ3) is 3.99. The highest BCUT2D eigenvalue weighted by Gasteiger charge is 2.14. The molecule has 0 radical (unpaired) electrons. The first-order valence-corrected chi connectivity index (χ1v) is 6.95. The van der Waals surface area contributed by atoms with Gasteiger partial charge in [-0.05, 0) is 43.7 Å². The van der Waals surface area contributed by atoms with Crippen LogP contribution in [0.4, 0.5) is 11.4 Å². The molecule has 0 fully saturated rings. The Labute approximate surface area is 125 Å². The zero-order valence-electron chi connectivity index (χ0n) is 12.4. The van der Waals surface area contributed by atoms with Gasteiger partial charge >= 0.3 is 0 Å². The van der Waals surface area contributed by atoms with Crippen LogP contribution in [0.1, 0.15) is 12.5 Å². The number of nitrogens with two attached hydrogens (primary N) is 1. The fourth-order valence-corrected chi connectivity index (χ4v) is 2.13. The quantitative estimate of drug-likeness (QED) is 0.859. The van der Waals surface area contributed by atoms with Gasteiger partial charge in [-0.15, -0.1) is 0 Å². The van der Waals surface area contributed by atoms with Gasteiger partial charge in [-0.3, -0.25) is 4.79 Å². The van der Waals surface area contributed by atoms with Crippen LogP contribution in [0.15, 0.2) is 48.5 Å². The van der Waals surface area contributed by atoms with Crippen molar-refractivity contribution in [3.8, 4) is 5.75 Å². The molecule has 21 heavy (non-hydrogen) atoms. The number of ether oxygens (including phenoxy) is 1. The fraction of sp³-hybridized carbons (Fsp3) is 0.235. The Kier molecular flexibility index (Phi) is 4.82. The van der Waals surface area contributed by atoms with Gasteiger partial charge in [0.15, 0.2) is 6.61 Å². The SMILES string of the molecule is CCN(C(=O)COc1cccc(N)c1)c1cccc(C)c1. The molecule has 0 heterocycles. The molecule has 4 nitrogen and oxygen atoms in total. The van der Waals surface area contributed by atoms with E-state index >= 15 is 0 Å². The number of nitrogens with zero attached hydrogens (tertiary/aromatic N) is 1. The molecule has 0 atom stereocenters. The van der Waals surface area contributed by atoms with E-state index in [1.165, 1.54) is 0 Å². The number of hydrogen-bond acceptors (Lipinski definition) is 3. The van der Waals surface area contributed by atoms with Crippen molar-refractivity contribution < 1.29 is 9.53 Å². The molecule has 0 aliphatic heterocycles. The summed E-state index contributed by atoms with van der Waals surface area (Å²) in [6, 6.07) is 14.9. The molecular formula is C17H20N2O2. The lowest BCUT2D eigenvalue weighted by atomic mass is 10.2. The number of likely N-dealkylation sites (N-methyl/N-ethyl adjacent to an activating group) is 1. The minimum Gasteiger partial charge on any atom is -0.484 e. The number of aryl methyl sites for hydroxylation is 1. The van der Waals surface area contributed by atoms with Gasteiger partial charge < -0.3 is 15.4 Å². The van der Waals surface area contributed by atoms with Crippen LogP contribution in [-0.4, -0.2) is 19.1 Å². The predicted octanol–water partition coefficient (Wildman–Crippen LogP) is 3.01. The number of carbonyl (C=O) groups is 1. The lowest BCUT2D eigenvalue weighted by molar-refractivity contribution is -0.120. The van der Waals surface area contributed by atoms with Gasteiger partial charge in [0.25, 0.3) is 5.91 Å². The smallest absolute Gasteiger partial charge is 0.264 e. The summed E-state index contributed by atoms with van der Waals surface area (Å²) in [5.41, 5.74) is 8.31. The summed E-state index contributed by atoms with van der Waals surface area (Å²) in [4.78, 5) is 14.0. The van der Waals surface area contributed by atoms with Crippen LogP contribution < -0.4 is 15.4 Å². The van der Waals surface area contributed by atoms with E-state index in [2.05, 4.69) is 0 Å². The van der Waals surface area contributed by atoms with Crippen LogP contribution in [-0.2, 0) is 4.79 Å². The van der Waals surface area contributed by atoms with Crippen LogP contribution in [0.2, 0.25) is 0 Å². The number of nitrogen functional groups attached to an aromatic ring is 1. The minimum absolute atomic E-state index is 0.00870. The number of amides is 1. The molecule has 4 heteroatoms. The second-order valence-electron chi connectivity index (χ2n) is 4.84.